The fourth-order valence-corrected chi connectivity index (χ4v) is 2.76. The molecular formula is C13H16Cl2N2O. The zero-order valence-corrected chi connectivity index (χ0v) is 11.5. The predicted molar refractivity (Wildman–Crippen MR) is 75.0 cm³/mol. The lowest BCUT2D eigenvalue weighted by molar-refractivity contribution is -0.119. The third-order valence-corrected chi connectivity index (χ3v) is 4.24. The lowest BCUT2D eigenvalue weighted by atomic mass is 9.66. The summed E-state index contributed by atoms with van der Waals surface area (Å²) in [5.41, 5.74) is 6.21. The number of carbonyl (C=O) groups is 1. The Bertz CT molecular complexity index is 433. The first kappa shape index (κ1) is 13.7. The van der Waals surface area contributed by atoms with Crippen LogP contribution in [-0.4, -0.2) is 12.5 Å². The third kappa shape index (κ3) is 2.79. The van der Waals surface area contributed by atoms with Crippen molar-refractivity contribution in [2.45, 2.75) is 25.7 Å². The average molecular weight is 287 g/mol. The van der Waals surface area contributed by atoms with Crippen LogP contribution in [-0.2, 0) is 4.79 Å². The van der Waals surface area contributed by atoms with Gasteiger partial charge in [-0.1, -0.05) is 35.7 Å². The van der Waals surface area contributed by atoms with Gasteiger partial charge < -0.3 is 11.1 Å². The molecule has 1 aliphatic rings. The number of amides is 1. The molecule has 0 unspecified atom stereocenters. The summed E-state index contributed by atoms with van der Waals surface area (Å²) in [4.78, 5) is 12.0. The number of carbonyl (C=O) groups excluding carboxylic acids is 1. The highest BCUT2D eigenvalue weighted by atomic mass is 35.5. The molecule has 5 heteroatoms. The van der Waals surface area contributed by atoms with Gasteiger partial charge in [0, 0.05) is 6.42 Å². The van der Waals surface area contributed by atoms with Crippen molar-refractivity contribution in [2.24, 2.45) is 11.1 Å². The molecule has 1 aromatic carbocycles. The zero-order chi connectivity index (χ0) is 13.2. The second kappa shape index (κ2) is 5.47. The summed E-state index contributed by atoms with van der Waals surface area (Å²) in [6, 6.07) is 5.14. The van der Waals surface area contributed by atoms with E-state index < -0.39 is 0 Å². The molecule has 2 rings (SSSR count). The fourth-order valence-electron chi connectivity index (χ4n) is 2.27. The summed E-state index contributed by atoms with van der Waals surface area (Å²) in [5.74, 6) is -0.0739. The molecule has 0 atom stereocenters. The van der Waals surface area contributed by atoms with Gasteiger partial charge in [0.25, 0.3) is 0 Å². The van der Waals surface area contributed by atoms with Crippen molar-refractivity contribution >= 4 is 34.8 Å². The van der Waals surface area contributed by atoms with Gasteiger partial charge in [-0.3, -0.25) is 4.79 Å². The normalized spacial score (nSPS) is 17.1. The minimum atomic E-state index is -0.0739. The van der Waals surface area contributed by atoms with Gasteiger partial charge in [0.15, 0.2) is 0 Å². The highest BCUT2D eigenvalue weighted by Gasteiger charge is 2.37. The van der Waals surface area contributed by atoms with E-state index in [9.17, 15) is 4.79 Å². The average Bonchev–Trinajstić information content (AvgIpc) is 2.29. The maximum Gasteiger partial charge on any atom is 0.225 e. The molecular weight excluding hydrogens is 271 g/mol. The Kier molecular flexibility index (Phi) is 4.15. The van der Waals surface area contributed by atoms with Gasteiger partial charge >= 0.3 is 0 Å². The molecule has 1 amide bonds. The number of benzene rings is 1. The molecule has 1 aliphatic carbocycles. The lowest BCUT2D eigenvalue weighted by Crippen LogP contribution is -2.40. The van der Waals surface area contributed by atoms with E-state index in [0.29, 0.717) is 28.7 Å². The van der Waals surface area contributed by atoms with Gasteiger partial charge in [-0.25, -0.2) is 0 Å². The van der Waals surface area contributed by atoms with Crippen molar-refractivity contribution in [3.63, 3.8) is 0 Å². The van der Waals surface area contributed by atoms with E-state index in [1.165, 1.54) is 0 Å². The van der Waals surface area contributed by atoms with Crippen LogP contribution >= 0.6 is 23.2 Å². The molecule has 0 aromatic heterocycles. The highest BCUT2D eigenvalue weighted by molar-refractivity contribution is 6.39. The maximum absolute atomic E-state index is 12.0. The number of halogens is 2. The van der Waals surface area contributed by atoms with Gasteiger partial charge in [-0.15, -0.1) is 0 Å². The molecule has 1 fully saturated rings. The van der Waals surface area contributed by atoms with Gasteiger partial charge in [0.05, 0.1) is 15.7 Å². The molecule has 0 radical (unpaired) electrons. The van der Waals surface area contributed by atoms with E-state index >= 15 is 0 Å². The first-order valence-electron chi connectivity index (χ1n) is 6.00. The van der Waals surface area contributed by atoms with Crippen LogP contribution < -0.4 is 11.1 Å². The first-order chi connectivity index (χ1) is 8.56. The van der Waals surface area contributed by atoms with Crippen molar-refractivity contribution in [2.75, 3.05) is 11.9 Å². The Morgan fingerprint density at radius 3 is 2.39 bits per heavy atom. The van der Waals surface area contributed by atoms with Crippen LogP contribution in [0.3, 0.4) is 0 Å². The van der Waals surface area contributed by atoms with Crippen molar-refractivity contribution < 1.29 is 4.79 Å². The van der Waals surface area contributed by atoms with Crippen molar-refractivity contribution in [1.82, 2.24) is 0 Å². The molecule has 3 N–H and O–H groups in total. The van der Waals surface area contributed by atoms with Gasteiger partial charge in [0.2, 0.25) is 5.91 Å². The van der Waals surface area contributed by atoms with Crippen LogP contribution in [0, 0.1) is 5.41 Å². The summed E-state index contributed by atoms with van der Waals surface area (Å²) in [5, 5.41) is 3.68. The van der Waals surface area contributed by atoms with Gasteiger partial charge in [-0.05, 0) is 36.9 Å². The minimum absolute atomic E-state index is 0.0161. The molecule has 98 valence electrons. The Hall–Kier alpha value is -0.770. The lowest BCUT2D eigenvalue weighted by Gasteiger charge is -2.40. The first-order valence-corrected chi connectivity index (χ1v) is 6.76. The molecule has 3 nitrogen and oxygen atoms in total. The van der Waals surface area contributed by atoms with E-state index in [-0.39, 0.29) is 11.3 Å². The third-order valence-electron chi connectivity index (χ3n) is 3.61. The molecule has 0 saturated heterocycles. The summed E-state index contributed by atoms with van der Waals surface area (Å²) >= 11 is 12.0. The summed E-state index contributed by atoms with van der Waals surface area (Å²) < 4.78 is 0. The number of para-hydroxylation sites is 1. The van der Waals surface area contributed by atoms with Crippen LogP contribution in [0.2, 0.25) is 10.0 Å². The Morgan fingerprint density at radius 2 is 1.94 bits per heavy atom. The molecule has 18 heavy (non-hydrogen) atoms. The minimum Gasteiger partial charge on any atom is -0.330 e. The van der Waals surface area contributed by atoms with E-state index in [1.807, 2.05) is 0 Å². The Labute approximate surface area is 117 Å². The second-order valence-corrected chi connectivity index (χ2v) is 5.69. The van der Waals surface area contributed by atoms with Crippen molar-refractivity contribution in [3.05, 3.63) is 28.2 Å². The Balaban J connectivity index is 2.03. The predicted octanol–water partition coefficient (Wildman–Crippen LogP) is 3.45. The number of anilines is 1. The van der Waals surface area contributed by atoms with Gasteiger partial charge in [-0.2, -0.15) is 0 Å². The number of hydrogen-bond acceptors (Lipinski definition) is 2. The van der Waals surface area contributed by atoms with Crippen LogP contribution in [0.25, 0.3) is 0 Å². The number of rotatable bonds is 4. The van der Waals surface area contributed by atoms with Crippen LogP contribution in [0.4, 0.5) is 5.69 Å². The largest absolute Gasteiger partial charge is 0.330 e. The number of hydrogen-bond donors (Lipinski definition) is 2. The molecule has 0 heterocycles. The molecule has 0 spiro atoms. The summed E-state index contributed by atoms with van der Waals surface area (Å²) in [6.45, 7) is 0.552. The summed E-state index contributed by atoms with van der Waals surface area (Å²) in [7, 11) is 0. The van der Waals surface area contributed by atoms with Crippen LogP contribution in [0.1, 0.15) is 25.7 Å². The van der Waals surface area contributed by atoms with E-state index in [4.69, 9.17) is 28.9 Å². The Morgan fingerprint density at radius 1 is 1.33 bits per heavy atom. The summed E-state index contributed by atoms with van der Waals surface area (Å²) in [6.07, 6.45) is 3.63. The molecule has 0 bridgehead atoms. The van der Waals surface area contributed by atoms with Crippen molar-refractivity contribution in [3.8, 4) is 0 Å². The van der Waals surface area contributed by atoms with Crippen LogP contribution in [0.15, 0.2) is 18.2 Å². The second-order valence-electron chi connectivity index (χ2n) is 4.88. The number of nitrogens with one attached hydrogen (secondary N) is 1. The zero-order valence-electron chi connectivity index (χ0n) is 10.0. The molecule has 0 aliphatic heterocycles. The van der Waals surface area contributed by atoms with E-state index in [1.54, 1.807) is 18.2 Å². The fraction of sp³-hybridized carbons (Fsp3) is 0.462. The maximum atomic E-state index is 12.0. The standard InChI is InChI=1S/C13H16Cl2N2O/c14-9-3-1-4-10(15)12(9)17-11(18)7-13(8-16)5-2-6-13/h1,3-4H,2,5-8,16H2,(H,17,18). The van der Waals surface area contributed by atoms with E-state index in [2.05, 4.69) is 5.32 Å². The van der Waals surface area contributed by atoms with Crippen molar-refractivity contribution in [1.29, 1.82) is 0 Å². The highest BCUT2D eigenvalue weighted by Crippen LogP contribution is 2.43. The molecule has 1 aromatic rings. The van der Waals surface area contributed by atoms with E-state index in [0.717, 1.165) is 19.3 Å². The smallest absolute Gasteiger partial charge is 0.225 e. The SMILES string of the molecule is NCC1(CC(=O)Nc2c(Cl)cccc2Cl)CCC1. The monoisotopic (exact) mass is 286 g/mol. The quantitative estimate of drug-likeness (QED) is 0.891. The van der Waals surface area contributed by atoms with Gasteiger partial charge in [0.1, 0.15) is 0 Å². The number of nitrogens with two attached hydrogens (primary N) is 1. The van der Waals surface area contributed by atoms with Crippen LogP contribution in [0.5, 0.6) is 0 Å². The molecule has 1 saturated carbocycles. The topological polar surface area (TPSA) is 55.1 Å².